The maximum absolute atomic E-state index is 3.78. The maximum atomic E-state index is 3.78. The molecule has 3 heteroatoms. The number of hydrogen-bond acceptors (Lipinski definition) is 1. The van der Waals surface area contributed by atoms with Crippen molar-refractivity contribution in [2.45, 2.75) is 19.3 Å². The molecule has 0 N–H and O–H groups in total. The van der Waals surface area contributed by atoms with Crippen LogP contribution in [0.5, 0.6) is 0 Å². The molecule has 1 aromatic rings. The van der Waals surface area contributed by atoms with Crippen LogP contribution in [0.4, 0.5) is 0 Å². The molecule has 2 nitrogen and oxygen atoms in total. The quantitative estimate of drug-likeness (QED) is 0.647. The van der Waals surface area contributed by atoms with E-state index in [2.05, 4.69) is 4.98 Å². The van der Waals surface area contributed by atoms with Gasteiger partial charge in [0.15, 0.2) is 0 Å². The Hall–Kier alpha value is -0.0600. The zero-order chi connectivity index (χ0) is 6.53. The third-order valence-electron chi connectivity index (χ3n) is 0.990. The summed E-state index contributed by atoms with van der Waals surface area (Å²) >= 11 is 0. The second-order valence-corrected chi connectivity index (χ2v) is 2.29. The van der Waals surface area contributed by atoms with Gasteiger partial charge in [0.2, 0.25) is 0 Å². The molecule has 58 valence electrons. The molecule has 0 bridgehead atoms. The van der Waals surface area contributed by atoms with E-state index in [0.29, 0.717) is 0 Å². The molecule has 0 aromatic carbocycles. The molecule has 1 aliphatic rings. The highest BCUT2D eigenvalue weighted by Crippen LogP contribution is 2.14. The van der Waals surface area contributed by atoms with E-state index in [1.807, 2.05) is 17.8 Å². The summed E-state index contributed by atoms with van der Waals surface area (Å²) in [5, 5.41) is 0. The summed E-state index contributed by atoms with van der Waals surface area (Å²) in [6.45, 7) is 0. The van der Waals surface area contributed by atoms with E-state index in [-0.39, 0.29) is 24.0 Å². The molecular weight excluding hydrogens is 239 g/mol. The summed E-state index contributed by atoms with van der Waals surface area (Å²) in [5.74, 6) is 0. The monoisotopic (exact) mass is 252 g/mol. The SMILES string of the molecule is C1CC1.Cn1ccnc1.I. The smallest absolute Gasteiger partial charge is 0.0943 e. The summed E-state index contributed by atoms with van der Waals surface area (Å²) in [7, 11) is 1.94. The molecule has 0 amide bonds. The Balaban J connectivity index is 0.000000174. The minimum atomic E-state index is 0. The summed E-state index contributed by atoms with van der Waals surface area (Å²) < 4.78 is 1.89. The second kappa shape index (κ2) is 5.70. The van der Waals surface area contributed by atoms with Crippen LogP contribution in [-0.2, 0) is 7.05 Å². The Morgan fingerprint density at radius 2 is 1.90 bits per heavy atom. The lowest BCUT2D eigenvalue weighted by atomic mass is 10.9. The number of aryl methyl sites for hydroxylation is 1. The maximum Gasteiger partial charge on any atom is 0.0943 e. The van der Waals surface area contributed by atoms with E-state index in [9.17, 15) is 0 Å². The fourth-order valence-electron chi connectivity index (χ4n) is 0.326. The van der Waals surface area contributed by atoms with E-state index in [4.69, 9.17) is 0 Å². The van der Waals surface area contributed by atoms with Gasteiger partial charge in [-0.15, -0.1) is 24.0 Å². The molecule has 0 aliphatic heterocycles. The van der Waals surface area contributed by atoms with Crippen LogP contribution < -0.4 is 0 Å². The van der Waals surface area contributed by atoms with Gasteiger partial charge in [-0.3, -0.25) is 0 Å². The number of nitrogens with zero attached hydrogens (tertiary/aromatic N) is 2. The normalized spacial score (nSPS) is 12.5. The zero-order valence-corrected chi connectivity index (χ0v) is 8.49. The largest absolute Gasteiger partial charge is 0.341 e. The fraction of sp³-hybridized carbons (Fsp3) is 0.571. The Morgan fingerprint density at radius 3 is 2.00 bits per heavy atom. The van der Waals surface area contributed by atoms with Crippen LogP contribution in [0.15, 0.2) is 18.7 Å². The first-order valence-corrected chi connectivity index (χ1v) is 3.31. The van der Waals surface area contributed by atoms with E-state index in [1.165, 1.54) is 19.3 Å². The molecule has 1 fully saturated rings. The molecule has 1 aliphatic carbocycles. The highest BCUT2D eigenvalue weighted by Gasteiger charge is 1.95. The first-order chi connectivity index (χ1) is 4.39. The summed E-state index contributed by atoms with van der Waals surface area (Å²) in [4.78, 5) is 3.78. The predicted molar refractivity (Wildman–Crippen MR) is 52.5 cm³/mol. The Bertz CT molecular complexity index is 144. The first kappa shape index (κ1) is 9.94. The van der Waals surface area contributed by atoms with Crippen molar-refractivity contribution in [3.05, 3.63) is 18.7 Å². The lowest BCUT2D eigenvalue weighted by Crippen LogP contribution is -1.76. The van der Waals surface area contributed by atoms with Crippen LogP contribution in [0.2, 0.25) is 0 Å². The number of aromatic nitrogens is 2. The van der Waals surface area contributed by atoms with Crippen molar-refractivity contribution < 1.29 is 0 Å². The highest BCUT2D eigenvalue weighted by molar-refractivity contribution is 14.0. The van der Waals surface area contributed by atoms with Crippen molar-refractivity contribution in [1.29, 1.82) is 0 Å². The molecule has 10 heavy (non-hydrogen) atoms. The van der Waals surface area contributed by atoms with Crippen LogP contribution in [0.25, 0.3) is 0 Å². The van der Waals surface area contributed by atoms with Crippen molar-refractivity contribution in [1.82, 2.24) is 9.55 Å². The van der Waals surface area contributed by atoms with Crippen LogP contribution in [0.3, 0.4) is 0 Å². The third-order valence-corrected chi connectivity index (χ3v) is 0.990. The highest BCUT2D eigenvalue weighted by atomic mass is 127. The van der Waals surface area contributed by atoms with Gasteiger partial charge < -0.3 is 4.57 Å². The number of halogens is 1. The summed E-state index contributed by atoms with van der Waals surface area (Å²) in [5.41, 5.74) is 0. The predicted octanol–water partition coefficient (Wildman–Crippen LogP) is 2.21. The van der Waals surface area contributed by atoms with Crippen molar-refractivity contribution in [2.75, 3.05) is 0 Å². The van der Waals surface area contributed by atoms with E-state index in [0.717, 1.165) is 0 Å². The van der Waals surface area contributed by atoms with E-state index < -0.39 is 0 Å². The molecule has 1 heterocycles. The van der Waals surface area contributed by atoms with Gasteiger partial charge in [-0.1, -0.05) is 19.3 Å². The molecule has 0 saturated heterocycles. The number of hydrogen-bond donors (Lipinski definition) is 0. The Kier molecular flexibility index (Phi) is 5.67. The minimum absolute atomic E-state index is 0. The molecule has 1 saturated carbocycles. The van der Waals surface area contributed by atoms with Gasteiger partial charge in [0.25, 0.3) is 0 Å². The summed E-state index contributed by atoms with van der Waals surface area (Å²) in [6.07, 6.45) is 9.89. The molecular formula is C7H13IN2. The van der Waals surface area contributed by atoms with Gasteiger partial charge in [-0.05, 0) is 0 Å². The summed E-state index contributed by atoms with van der Waals surface area (Å²) in [6, 6.07) is 0. The van der Waals surface area contributed by atoms with Gasteiger partial charge in [-0.25, -0.2) is 4.98 Å². The lowest BCUT2D eigenvalue weighted by Gasteiger charge is -1.76. The van der Waals surface area contributed by atoms with E-state index in [1.54, 1.807) is 12.5 Å². The first-order valence-electron chi connectivity index (χ1n) is 3.31. The Morgan fingerprint density at radius 1 is 1.30 bits per heavy atom. The third kappa shape index (κ3) is 6.07. The molecule has 0 unspecified atom stereocenters. The van der Waals surface area contributed by atoms with Crippen molar-refractivity contribution in [3.63, 3.8) is 0 Å². The van der Waals surface area contributed by atoms with E-state index >= 15 is 0 Å². The molecule has 0 atom stereocenters. The molecule has 2 rings (SSSR count). The van der Waals surface area contributed by atoms with Crippen molar-refractivity contribution in [3.8, 4) is 0 Å². The zero-order valence-electron chi connectivity index (χ0n) is 6.16. The minimum Gasteiger partial charge on any atom is -0.341 e. The standard InChI is InChI=1S/C4H6N2.C3H6.HI/c1-6-3-2-5-4-6;1-2-3-1;/h2-4H,1H3;1-3H2;1H. The van der Waals surface area contributed by atoms with Gasteiger partial charge in [0, 0.05) is 19.4 Å². The van der Waals surface area contributed by atoms with Crippen LogP contribution >= 0.6 is 24.0 Å². The van der Waals surface area contributed by atoms with Gasteiger partial charge in [0.05, 0.1) is 6.33 Å². The van der Waals surface area contributed by atoms with Crippen molar-refractivity contribution in [2.24, 2.45) is 7.05 Å². The van der Waals surface area contributed by atoms with Gasteiger partial charge in [0.1, 0.15) is 0 Å². The molecule has 0 radical (unpaired) electrons. The average Bonchev–Trinajstić information content (AvgIpc) is 2.64. The van der Waals surface area contributed by atoms with Crippen LogP contribution in [0, 0.1) is 0 Å². The number of imidazole rings is 1. The van der Waals surface area contributed by atoms with Crippen molar-refractivity contribution >= 4 is 24.0 Å². The lowest BCUT2D eigenvalue weighted by molar-refractivity contribution is 0.913. The number of rotatable bonds is 0. The van der Waals surface area contributed by atoms with Crippen LogP contribution in [-0.4, -0.2) is 9.55 Å². The Labute approximate surface area is 78.7 Å². The second-order valence-electron chi connectivity index (χ2n) is 2.29. The fourth-order valence-corrected chi connectivity index (χ4v) is 0.326. The molecule has 0 spiro atoms. The topological polar surface area (TPSA) is 17.8 Å². The van der Waals surface area contributed by atoms with Crippen LogP contribution in [0.1, 0.15) is 19.3 Å². The molecule has 1 aromatic heterocycles. The van der Waals surface area contributed by atoms with Gasteiger partial charge in [-0.2, -0.15) is 0 Å². The average molecular weight is 252 g/mol. The van der Waals surface area contributed by atoms with Gasteiger partial charge >= 0.3 is 0 Å².